The molecule has 19 heavy (non-hydrogen) atoms. The lowest BCUT2D eigenvalue weighted by Crippen LogP contribution is -2.30. The van der Waals surface area contributed by atoms with Gasteiger partial charge in [0, 0.05) is 6.54 Å². The number of terminal acetylenes is 1. The highest BCUT2D eigenvalue weighted by atomic mass is 16.6. The van der Waals surface area contributed by atoms with Gasteiger partial charge in [-0.2, -0.15) is 0 Å². The van der Waals surface area contributed by atoms with Crippen LogP contribution in [-0.2, 0) is 16.1 Å². The highest BCUT2D eigenvalue weighted by molar-refractivity contribution is 5.68. The predicted molar refractivity (Wildman–Crippen MR) is 71.4 cm³/mol. The van der Waals surface area contributed by atoms with E-state index in [2.05, 4.69) is 5.92 Å². The summed E-state index contributed by atoms with van der Waals surface area (Å²) in [5, 5.41) is 0. The smallest absolute Gasteiger partial charge is 0.410 e. The molecule has 1 aromatic carbocycles. The van der Waals surface area contributed by atoms with E-state index >= 15 is 0 Å². The second-order valence-electron chi connectivity index (χ2n) is 4.41. The number of carbonyl (C=O) groups is 1. The van der Waals surface area contributed by atoms with Crippen LogP contribution in [-0.4, -0.2) is 36.8 Å². The van der Waals surface area contributed by atoms with Crippen LogP contribution in [0.3, 0.4) is 0 Å². The molecule has 1 fully saturated rings. The molecular formula is C15H17NO3. The lowest BCUT2D eigenvalue weighted by Gasteiger charge is -2.16. The number of nitrogens with zero attached hydrogens (tertiary/aromatic N) is 1. The number of hydrogen-bond acceptors (Lipinski definition) is 3. The van der Waals surface area contributed by atoms with E-state index in [1.807, 2.05) is 30.3 Å². The molecule has 4 heteroatoms. The van der Waals surface area contributed by atoms with E-state index in [4.69, 9.17) is 15.9 Å². The van der Waals surface area contributed by atoms with Gasteiger partial charge in [0.15, 0.2) is 0 Å². The van der Waals surface area contributed by atoms with E-state index in [9.17, 15) is 4.79 Å². The summed E-state index contributed by atoms with van der Waals surface area (Å²) in [6.45, 7) is 1.79. The fourth-order valence-electron chi connectivity index (χ4n) is 2.01. The van der Waals surface area contributed by atoms with E-state index < -0.39 is 0 Å². The molecule has 0 radical (unpaired) electrons. The molecule has 100 valence electrons. The number of benzene rings is 1. The SMILES string of the molecule is C#CCO[C@@H]1CCN(C(=O)OCc2ccccc2)C1. The molecule has 1 aliphatic rings. The Labute approximate surface area is 113 Å². The van der Waals surface area contributed by atoms with Crippen LogP contribution >= 0.6 is 0 Å². The molecule has 1 heterocycles. The first kappa shape index (κ1) is 13.4. The first-order valence-corrected chi connectivity index (χ1v) is 6.30. The van der Waals surface area contributed by atoms with Gasteiger partial charge in [-0.05, 0) is 12.0 Å². The van der Waals surface area contributed by atoms with E-state index in [1.54, 1.807) is 4.90 Å². The predicted octanol–water partition coefficient (Wildman–Crippen LogP) is 2.05. The highest BCUT2D eigenvalue weighted by Gasteiger charge is 2.27. The molecule has 0 aromatic heterocycles. The van der Waals surface area contributed by atoms with Gasteiger partial charge in [0.1, 0.15) is 13.2 Å². The van der Waals surface area contributed by atoms with E-state index in [-0.39, 0.29) is 18.8 Å². The van der Waals surface area contributed by atoms with Crippen molar-refractivity contribution in [3.63, 3.8) is 0 Å². The summed E-state index contributed by atoms with van der Waals surface area (Å²) in [7, 11) is 0. The Hall–Kier alpha value is -1.99. The Kier molecular flexibility index (Phi) is 4.82. The van der Waals surface area contributed by atoms with Crippen molar-refractivity contribution in [3.8, 4) is 12.3 Å². The molecule has 0 aliphatic carbocycles. The third-order valence-electron chi connectivity index (χ3n) is 3.01. The van der Waals surface area contributed by atoms with Crippen LogP contribution < -0.4 is 0 Å². The van der Waals surface area contributed by atoms with Gasteiger partial charge in [0.05, 0.1) is 12.6 Å². The van der Waals surface area contributed by atoms with Crippen LogP contribution in [0.1, 0.15) is 12.0 Å². The van der Waals surface area contributed by atoms with Gasteiger partial charge in [0.25, 0.3) is 0 Å². The van der Waals surface area contributed by atoms with E-state index in [0.717, 1.165) is 12.0 Å². The number of amides is 1. The molecule has 1 amide bonds. The summed E-state index contributed by atoms with van der Waals surface area (Å²) in [6.07, 6.45) is 5.67. The van der Waals surface area contributed by atoms with E-state index in [1.165, 1.54) is 0 Å². The van der Waals surface area contributed by atoms with Crippen LogP contribution in [0.25, 0.3) is 0 Å². The molecule has 0 saturated carbocycles. The minimum atomic E-state index is -0.296. The van der Waals surface area contributed by atoms with E-state index in [0.29, 0.717) is 19.7 Å². The summed E-state index contributed by atoms with van der Waals surface area (Å²) in [6, 6.07) is 9.62. The van der Waals surface area contributed by atoms with Crippen LogP contribution in [0.5, 0.6) is 0 Å². The summed E-state index contributed by atoms with van der Waals surface area (Å²) in [5.41, 5.74) is 0.982. The molecule has 4 nitrogen and oxygen atoms in total. The van der Waals surface area contributed by atoms with Crippen LogP contribution in [0.15, 0.2) is 30.3 Å². The van der Waals surface area contributed by atoms with Gasteiger partial charge in [-0.1, -0.05) is 36.3 Å². The first-order chi connectivity index (χ1) is 9.29. The number of rotatable bonds is 4. The number of likely N-dealkylation sites (tertiary alicyclic amines) is 1. The van der Waals surface area contributed by atoms with Crippen LogP contribution in [0.4, 0.5) is 4.79 Å². The van der Waals surface area contributed by atoms with Gasteiger partial charge in [-0.3, -0.25) is 0 Å². The molecule has 0 N–H and O–H groups in total. The van der Waals surface area contributed by atoms with Crippen molar-refractivity contribution in [1.82, 2.24) is 4.90 Å². The van der Waals surface area contributed by atoms with Crippen LogP contribution in [0, 0.1) is 12.3 Å². The van der Waals surface area contributed by atoms with Crippen molar-refractivity contribution >= 4 is 6.09 Å². The van der Waals surface area contributed by atoms with Gasteiger partial charge >= 0.3 is 6.09 Å². The molecule has 1 saturated heterocycles. The molecule has 1 aliphatic heterocycles. The normalized spacial score (nSPS) is 18.1. The monoisotopic (exact) mass is 259 g/mol. The zero-order valence-electron chi connectivity index (χ0n) is 10.7. The van der Waals surface area contributed by atoms with Gasteiger partial charge in [-0.15, -0.1) is 6.42 Å². The van der Waals surface area contributed by atoms with Gasteiger partial charge in [-0.25, -0.2) is 4.79 Å². The summed E-state index contributed by atoms with van der Waals surface area (Å²) >= 11 is 0. The average Bonchev–Trinajstić information content (AvgIpc) is 2.92. The van der Waals surface area contributed by atoms with Crippen LogP contribution in [0.2, 0.25) is 0 Å². The lowest BCUT2D eigenvalue weighted by molar-refractivity contribution is 0.0723. The molecular weight excluding hydrogens is 242 g/mol. The van der Waals surface area contributed by atoms with Crippen molar-refractivity contribution in [3.05, 3.63) is 35.9 Å². The third-order valence-corrected chi connectivity index (χ3v) is 3.01. The quantitative estimate of drug-likeness (QED) is 0.777. The maximum atomic E-state index is 11.8. The summed E-state index contributed by atoms with van der Waals surface area (Å²) < 4.78 is 10.7. The van der Waals surface area contributed by atoms with Gasteiger partial charge in [0.2, 0.25) is 0 Å². The Morgan fingerprint density at radius 2 is 2.21 bits per heavy atom. The molecule has 1 aromatic rings. The third kappa shape index (κ3) is 4.01. The lowest BCUT2D eigenvalue weighted by atomic mass is 10.2. The fourth-order valence-corrected chi connectivity index (χ4v) is 2.01. The topological polar surface area (TPSA) is 38.8 Å². The number of hydrogen-bond donors (Lipinski definition) is 0. The molecule has 0 bridgehead atoms. The second-order valence-corrected chi connectivity index (χ2v) is 4.41. The second kappa shape index (κ2) is 6.81. The Balaban J connectivity index is 1.74. The molecule has 2 rings (SSSR count). The number of ether oxygens (including phenoxy) is 2. The largest absolute Gasteiger partial charge is 0.445 e. The first-order valence-electron chi connectivity index (χ1n) is 6.30. The van der Waals surface area contributed by atoms with Crippen molar-refractivity contribution in [2.75, 3.05) is 19.7 Å². The van der Waals surface area contributed by atoms with Crippen molar-refractivity contribution in [2.24, 2.45) is 0 Å². The zero-order chi connectivity index (χ0) is 13.5. The Bertz CT molecular complexity index is 452. The molecule has 0 spiro atoms. The zero-order valence-corrected chi connectivity index (χ0v) is 10.7. The summed E-state index contributed by atoms with van der Waals surface area (Å²) in [5.74, 6) is 2.43. The molecule has 1 atom stereocenters. The Morgan fingerprint density at radius 1 is 1.42 bits per heavy atom. The highest BCUT2D eigenvalue weighted by Crippen LogP contribution is 2.14. The van der Waals surface area contributed by atoms with Crippen molar-refractivity contribution in [1.29, 1.82) is 0 Å². The maximum Gasteiger partial charge on any atom is 0.410 e. The minimum absolute atomic E-state index is 0.0281. The van der Waals surface area contributed by atoms with Crippen molar-refractivity contribution in [2.45, 2.75) is 19.1 Å². The fraction of sp³-hybridized carbons (Fsp3) is 0.400. The van der Waals surface area contributed by atoms with Crippen molar-refractivity contribution < 1.29 is 14.3 Å². The molecule has 0 unspecified atom stereocenters. The summed E-state index contributed by atoms with van der Waals surface area (Å²) in [4.78, 5) is 13.5. The minimum Gasteiger partial charge on any atom is -0.445 e. The number of carbonyl (C=O) groups excluding carboxylic acids is 1. The Morgan fingerprint density at radius 3 is 2.95 bits per heavy atom. The standard InChI is InChI=1S/C15H17NO3/c1-2-10-18-14-8-9-16(11-14)15(17)19-12-13-6-4-3-5-7-13/h1,3-7,14H,8-12H2/t14-/m1/s1. The maximum absolute atomic E-state index is 11.8. The van der Waals surface area contributed by atoms with Gasteiger partial charge < -0.3 is 14.4 Å². The average molecular weight is 259 g/mol.